The van der Waals surface area contributed by atoms with E-state index in [-0.39, 0.29) is 6.61 Å². The number of hydrogen-bond acceptors (Lipinski definition) is 5. The third-order valence-electron chi connectivity index (χ3n) is 5.58. The van der Waals surface area contributed by atoms with Gasteiger partial charge in [0.1, 0.15) is 0 Å². The van der Waals surface area contributed by atoms with Gasteiger partial charge in [-0.05, 0) is 43.0 Å². The average molecular weight is 399 g/mol. The summed E-state index contributed by atoms with van der Waals surface area (Å²) in [5, 5.41) is 8.92. The van der Waals surface area contributed by atoms with Crippen molar-refractivity contribution < 1.29 is 9.84 Å². The minimum absolute atomic E-state index is 0.119. The van der Waals surface area contributed by atoms with Gasteiger partial charge in [-0.15, -0.1) is 0 Å². The normalized spacial score (nSPS) is 18.6. The molecule has 2 aliphatic heterocycles. The lowest BCUT2D eigenvalue weighted by Crippen LogP contribution is -2.41. The fourth-order valence-corrected chi connectivity index (χ4v) is 5.36. The molecule has 0 amide bonds. The number of likely N-dealkylation sites (tertiary alicyclic amines) is 1. The summed E-state index contributed by atoms with van der Waals surface area (Å²) in [5.41, 5.74) is 2.66. The molecule has 0 spiro atoms. The molecule has 0 aliphatic carbocycles. The van der Waals surface area contributed by atoms with Crippen molar-refractivity contribution in [3.05, 3.63) is 48.5 Å². The summed E-state index contributed by atoms with van der Waals surface area (Å²) >= 11 is 1.87. The molecule has 4 nitrogen and oxygen atoms in total. The van der Waals surface area contributed by atoms with Crippen LogP contribution in [0.3, 0.4) is 0 Å². The predicted octanol–water partition coefficient (Wildman–Crippen LogP) is 4.40. The molecule has 1 atom stereocenters. The van der Waals surface area contributed by atoms with Crippen molar-refractivity contribution in [3.8, 4) is 0 Å². The number of anilines is 2. The summed E-state index contributed by atoms with van der Waals surface area (Å²) in [6.45, 7) is 7.26. The summed E-state index contributed by atoms with van der Waals surface area (Å²) in [6.07, 6.45) is 2.45. The topological polar surface area (TPSA) is 35.9 Å². The maximum Gasteiger partial charge on any atom is 0.0701 e. The van der Waals surface area contributed by atoms with Crippen molar-refractivity contribution >= 4 is 23.1 Å². The molecule has 28 heavy (non-hydrogen) atoms. The van der Waals surface area contributed by atoms with Crippen LogP contribution in [0.15, 0.2) is 58.3 Å². The molecule has 2 heterocycles. The molecular weight excluding hydrogens is 368 g/mol. The van der Waals surface area contributed by atoms with Crippen LogP contribution in [-0.2, 0) is 4.74 Å². The molecule has 150 valence electrons. The lowest BCUT2D eigenvalue weighted by Gasteiger charge is -2.37. The SMILES string of the molecule is CC(CN1CCC(OCCO)CC1)CN1c2ccccc2Sc2ccccc21. The van der Waals surface area contributed by atoms with E-state index in [1.165, 1.54) is 21.2 Å². The number of hydrogen-bond donors (Lipinski definition) is 1. The van der Waals surface area contributed by atoms with Crippen LogP contribution >= 0.6 is 11.8 Å². The summed E-state index contributed by atoms with van der Waals surface area (Å²) in [7, 11) is 0. The molecule has 2 aliphatic rings. The van der Waals surface area contributed by atoms with E-state index in [2.05, 4.69) is 65.3 Å². The average Bonchev–Trinajstić information content (AvgIpc) is 2.73. The van der Waals surface area contributed by atoms with Crippen molar-refractivity contribution in [3.63, 3.8) is 0 Å². The second-order valence-corrected chi connectivity index (χ2v) is 8.93. The quantitative estimate of drug-likeness (QED) is 0.748. The van der Waals surface area contributed by atoms with E-state index in [0.29, 0.717) is 18.6 Å². The van der Waals surface area contributed by atoms with Crippen LogP contribution in [0.4, 0.5) is 11.4 Å². The van der Waals surface area contributed by atoms with Gasteiger partial charge in [-0.3, -0.25) is 0 Å². The highest BCUT2D eigenvalue weighted by molar-refractivity contribution is 7.99. The molecule has 1 saturated heterocycles. The molecule has 1 unspecified atom stereocenters. The van der Waals surface area contributed by atoms with Crippen LogP contribution in [-0.4, -0.2) is 55.5 Å². The Kier molecular flexibility index (Phi) is 6.58. The zero-order valence-electron chi connectivity index (χ0n) is 16.6. The first-order valence-corrected chi connectivity index (χ1v) is 11.1. The van der Waals surface area contributed by atoms with E-state index >= 15 is 0 Å². The third-order valence-corrected chi connectivity index (χ3v) is 6.71. The smallest absolute Gasteiger partial charge is 0.0701 e. The molecule has 5 heteroatoms. The molecule has 0 aromatic heterocycles. The molecule has 1 fully saturated rings. The van der Waals surface area contributed by atoms with Gasteiger partial charge in [-0.1, -0.05) is 43.0 Å². The first-order chi connectivity index (χ1) is 13.7. The zero-order chi connectivity index (χ0) is 19.3. The molecule has 2 aromatic carbocycles. The van der Waals surface area contributed by atoms with Gasteiger partial charge in [-0.2, -0.15) is 0 Å². The molecule has 2 aromatic rings. The van der Waals surface area contributed by atoms with Crippen LogP contribution in [0, 0.1) is 5.92 Å². The number of piperidine rings is 1. The zero-order valence-corrected chi connectivity index (χ0v) is 17.4. The Hall–Kier alpha value is -1.53. The highest BCUT2D eigenvalue weighted by Gasteiger charge is 2.26. The Labute approximate surface area is 172 Å². The standard InChI is InChI=1S/C23H30N2O2S/c1-18(16-24-12-10-19(11-13-24)27-15-14-26)17-25-20-6-2-4-8-22(20)28-23-9-5-3-7-21(23)25/h2-9,18-19,26H,10-17H2,1H3. The fourth-order valence-electron chi connectivity index (χ4n) is 4.27. The van der Waals surface area contributed by atoms with Crippen molar-refractivity contribution in [2.45, 2.75) is 35.7 Å². The fraction of sp³-hybridized carbons (Fsp3) is 0.478. The Morgan fingerprint density at radius 2 is 1.61 bits per heavy atom. The number of aliphatic hydroxyl groups is 1. The van der Waals surface area contributed by atoms with Crippen molar-refractivity contribution in [1.82, 2.24) is 4.90 Å². The first kappa shape index (κ1) is 19.8. The lowest BCUT2D eigenvalue weighted by atomic mass is 10.0. The second kappa shape index (κ2) is 9.31. The van der Waals surface area contributed by atoms with Crippen molar-refractivity contribution in [2.24, 2.45) is 5.92 Å². The van der Waals surface area contributed by atoms with Gasteiger partial charge in [0, 0.05) is 36.0 Å². The highest BCUT2D eigenvalue weighted by Crippen LogP contribution is 2.48. The Balaban J connectivity index is 1.39. The minimum Gasteiger partial charge on any atom is -0.394 e. The van der Waals surface area contributed by atoms with Gasteiger partial charge in [0.05, 0.1) is 30.7 Å². The van der Waals surface area contributed by atoms with Gasteiger partial charge < -0.3 is 19.6 Å². The third kappa shape index (κ3) is 4.54. The first-order valence-electron chi connectivity index (χ1n) is 10.3. The van der Waals surface area contributed by atoms with Gasteiger partial charge in [0.25, 0.3) is 0 Å². The van der Waals surface area contributed by atoms with Gasteiger partial charge in [0.15, 0.2) is 0 Å². The van der Waals surface area contributed by atoms with Gasteiger partial charge in [0.2, 0.25) is 0 Å². The minimum atomic E-state index is 0.119. The van der Waals surface area contributed by atoms with E-state index in [9.17, 15) is 0 Å². The molecule has 4 rings (SSSR count). The van der Waals surface area contributed by atoms with Crippen LogP contribution in [0.5, 0.6) is 0 Å². The molecular formula is C23H30N2O2S. The van der Waals surface area contributed by atoms with E-state index in [1.807, 2.05) is 11.8 Å². The van der Waals surface area contributed by atoms with Crippen LogP contribution in [0.1, 0.15) is 19.8 Å². The van der Waals surface area contributed by atoms with Crippen LogP contribution < -0.4 is 4.90 Å². The number of aliphatic hydroxyl groups excluding tert-OH is 1. The summed E-state index contributed by atoms with van der Waals surface area (Å²) < 4.78 is 5.70. The Bertz CT molecular complexity index is 731. The van der Waals surface area contributed by atoms with E-state index in [0.717, 1.165) is 39.0 Å². The van der Waals surface area contributed by atoms with Gasteiger partial charge >= 0.3 is 0 Å². The number of benzene rings is 2. The van der Waals surface area contributed by atoms with Gasteiger partial charge in [-0.25, -0.2) is 0 Å². The van der Waals surface area contributed by atoms with Crippen molar-refractivity contribution in [2.75, 3.05) is 44.3 Å². The molecule has 0 radical (unpaired) electrons. The lowest BCUT2D eigenvalue weighted by molar-refractivity contribution is -0.00942. The summed E-state index contributed by atoms with van der Waals surface area (Å²) in [6, 6.07) is 17.5. The van der Waals surface area contributed by atoms with Crippen LogP contribution in [0.2, 0.25) is 0 Å². The predicted molar refractivity (Wildman–Crippen MR) is 116 cm³/mol. The second-order valence-electron chi connectivity index (χ2n) is 7.85. The maximum absolute atomic E-state index is 8.92. The monoisotopic (exact) mass is 398 g/mol. The summed E-state index contributed by atoms with van der Waals surface area (Å²) in [5.74, 6) is 0.569. The molecule has 1 N–H and O–H groups in total. The van der Waals surface area contributed by atoms with E-state index < -0.39 is 0 Å². The van der Waals surface area contributed by atoms with E-state index in [4.69, 9.17) is 9.84 Å². The molecule has 0 bridgehead atoms. The largest absolute Gasteiger partial charge is 0.394 e. The Morgan fingerprint density at radius 3 is 2.21 bits per heavy atom. The van der Waals surface area contributed by atoms with Crippen molar-refractivity contribution in [1.29, 1.82) is 0 Å². The highest BCUT2D eigenvalue weighted by atomic mass is 32.2. The number of fused-ring (bicyclic) bond motifs is 2. The number of rotatable bonds is 7. The molecule has 0 saturated carbocycles. The Morgan fingerprint density at radius 1 is 1.00 bits per heavy atom. The van der Waals surface area contributed by atoms with E-state index in [1.54, 1.807) is 0 Å². The number of ether oxygens (including phenoxy) is 1. The summed E-state index contributed by atoms with van der Waals surface area (Å²) in [4.78, 5) is 7.76. The number of para-hydroxylation sites is 2. The van der Waals surface area contributed by atoms with Crippen LogP contribution in [0.25, 0.3) is 0 Å². The number of nitrogens with zero attached hydrogens (tertiary/aromatic N) is 2. The maximum atomic E-state index is 8.92.